The zero-order chi connectivity index (χ0) is 12.8. The van der Waals surface area contributed by atoms with Gasteiger partial charge in [-0.2, -0.15) is 0 Å². The number of methoxy groups -OCH3 is 1. The van der Waals surface area contributed by atoms with Gasteiger partial charge in [0.15, 0.2) is 0 Å². The van der Waals surface area contributed by atoms with E-state index in [1.54, 1.807) is 7.11 Å². The highest BCUT2D eigenvalue weighted by Gasteiger charge is 2.09. The molecule has 0 amide bonds. The molecule has 0 atom stereocenters. The molecule has 0 saturated carbocycles. The first-order valence-corrected chi connectivity index (χ1v) is 5.89. The number of benzene rings is 1. The highest BCUT2D eigenvalue weighted by Crippen LogP contribution is 2.27. The molecule has 3 nitrogen and oxygen atoms in total. The van der Waals surface area contributed by atoms with Gasteiger partial charge in [-0.25, -0.2) is 0 Å². The normalized spacial score (nSPS) is 10.4. The lowest BCUT2D eigenvalue weighted by atomic mass is 9.95. The Hall–Kier alpha value is -1.35. The largest absolute Gasteiger partial charge is 0.496 e. The Labute approximate surface area is 103 Å². The highest BCUT2D eigenvalue weighted by atomic mass is 16.5. The molecule has 0 bridgehead atoms. The van der Waals surface area contributed by atoms with Crippen LogP contribution in [0.2, 0.25) is 0 Å². The smallest absolute Gasteiger partial charge is 0.133 e. The monoisotopic (exact) mass is 235 g/mol. The van der Waals surface area contributed by atoms with Gasteiger partial charge in [-0.15, -0.1) is 0 Å². The zero-order valence-corrected chi connectivity index (χ0v) is 11.1. The van der Waals surface area contributed by atoms with Crippen LogP contribution in [0.15, 0.2) is 6.07 Å². The van der Waals surface area contributed by atoms with Gasteiger partial charge >= 0.3 is 0 Å². The Balaban J connectivity index is 2.85. The van der Waals surface area contributed by atoms with Crippen LogP contribution >= 0.6 is 0 Å². The standard InChI is InChI=1S/C14H21NO2/c1-10-9-14(17-4)12(3)11(2)13(10)5-6-15-7-8-16/h8-9,15H,5-7H2,1-4H3. The number of nitrogens with one attached hydrogen (secondary N) is 1. The Kier molecular flexibility index (Phi) is 5.16. The summed E-state index contributed by atoms with van der Waals surface area (Å²) in [6.07, 6.45) is 1.83. The van der Waals surface area contributed by atoms with E-state index in [-0.39, 0.29) is 0 Å². The maximum absolute atomic E-state index is 10.2. The number of carbonyl (C=O) groups is 1. The first kappa shape index (κ1) is 13.7. The lowest BCUT2D eigenvalue weighted by Crippen LogP contribution is -2.20. The lowest BCUT2D eigenvalue weighted by molar-refractivity contribution is -0.107. The molecule has 0 heterocycles. The Bertz CT molecular complexity index is 400. The van der Waals surface area contributed by atoms with Crippen LogP contribution in [0.1, 0.15) is 22.3 Å². The molecule has 0 aliphatic heterocycles. The van der Waals surface area contributed by atoms with Crippen LogP contribution in [0.5, 0.6) is 5.75 Å². The predicted molar refractivity (Wildman–Crippen MR) is 69.8 cm³/mol. The molecule has 0 aliphatic carbocycles. The minimum absolute atomic E-state index is 0.424. The van der Waals surface area contributed by atoms with Crippen LogP contribution in [0.25, 0.3) is 0 Å². The molecule has 0 unspecified atom stereocenters. The summed E-state index contributed by atoms with van der Waals surface area (Å²) in [5.41, 5.74) is 5.08. The molecule has 0 spiro atoms. The van der Waals surface area contributed by atoms with Crippen LogP contribution in [-0.2, 0) is 11.2 Å². The van der Waals surface area contributed by atoms with Gasteiger partial charge in [-0.1, -0.05) is 0 Å². The summed E-state index contributed by atoms with van der Waals surface area (Å²) in [6, 6.07) is 2.08. The molecule has 1 aromatic carbocycles. The Morgan fingerprint density at radius 2 is 2.00 bits per heavy atom. The summed E-state index contributed by atoms with van der Waals surface area (Å²) in [6.45, 7) is 7.55. The number of aldehydes is 1. The summed E-state index contributed by atoms with van der Waals surface area (Å²) in [5, 5.41) is 3.09. The van der Waals surface area contributed by atoms with Crippen LogP contribution in [0.3, 0.4) is 0 Å². The number of carbonyl (C=O) groups excluding carboxylic acids is 1. The van der Waals surface area contributed by atoms with Crippen molar-refractivity contribution in [3.63, 3.8) is 0 Å². The SMILES string of the molecule is COc1cc(C)c(CCNCC=O)c(C)c1C. The summed E-state index contributed by atoms with van der Waals surface area (Å²) in [5.74, 6) is 0.949. The fourth-order valence-corrected chi connectivity index (χ4v) is 2.07. The van der Waals surface area contributed by atoms with Crippen LogP contribution in [0.4, 0.5) is 0 Å². The fraction of sp³-hybridized carbons (Fsp3) is 0.500. The van der Waals surface area contributed by atoms with Gasteiger partial charge in [0.05, 0.1) is 13.7 Å². The van der Waals surface area contributed by atoms with E-state index in [9.17, 15) is 4.79 Å². The number of aryl methyl sites for hydroxylation is 1. The number of hydrogen-bond donors (Lipinski definition) is 1. The molecule has 0 aliphatic rings. The average molecular weight is 235 g/mol. The van der Waals surface area contributed by atoms with Crippen molar-refractivity contribution in [2.45, 2.75) is 27.2 Å². The molecule has 0 radical (unpaired) electrons. The Morgan fingerprint density at radius 1 is 1.29 bits per heavy atom. The van der Waals surface area contributed by atoms with Crippen molar-refractivity contribution >= 4 is 6.29 Å². The molecular weight excluding hydrogens is 214 g/mol. The predicted octanol–water partition coefficient (Wildman–Crippen LogP) is 1.95. The van der Waals surface area contributed by atoms with E-state index in [1.165, 1.54) is 22.3 Å². The fourth-order valence-electron chi connectivity index (χ4n) is 2.07. The third-order valence-electron chi connectivity index (χ3n) is 3.21. The number of rotatable bonds is 6. The molecular formula is C14H21NO2. The lowest BCUT2D eigenvalue weighted by Gasteiger charge is -2.16. The minimum atomic E-state index is 0.424. The van der Waals surface area contributed by atoms with E-state index >= 15 is 0 Å². The zero-order valence-electron chi connectivity index (χ0n) is 11.1. The van der Waals surface area contributed by atoms with E-state index in [1.807, 2.05) is 0 Å². The number of hydrogen-bond acceptors (Lipinski definition) is 3. The summed E-state index contributed by atoms with van der Waals surface area (Å²) in [4.78, 5) is 10.2. The van der Waals surface area contributed by atoms with Crippen molar-refractivity contribution in [3.05, 3.63) is 28.3 Å². The van der Waals surface area contributed by atoms with E-state index in [4.69, 9.17) is 4.74 Å². The molecule has 0 aromatic heterocycles. The van der Waals surface area contributed by atoms with Crippen molar-refractivity contribution in [1.29, 1.82) is 0 Å². The number of ether oxygens (including phenoxy) is 1. The van der Waals surface area contributed by atoms with Gasteiger partial charge in [0.25, 0.3) is 0 Å². The van der Waals surface area contributed by atoms with Gasteiger partial charge in [0.1, 0.15) is 12.0 Å². The van der Waals surface area contributed by atoms with Crippen molar-refractivity contribution < 1.29 is 9.53 Å². The topological polar surface area (TPSA) is 38.3 Å². The van der Waals surface area contributed by atoms with Crippen LogP contribution < -0.4 is 10.1 Å². The second-order valence-corrected chi connectivity index (χ2v) is 4.25. The van der Waals surface area contributed by atoms with Gasteiger partial charge < -0.3 is 14.8 Å². The third kappa shape index (κ3) is 3.30. The molecule has 3 heteroatoms. The van der Waals surface area contributed by atoms with E-state index in [0.29, 0.717) is 6.54 Å². The van der Waals surface area contributed by atoms with Crippen molar-refractivity contribution in [2.24, 2.45) is 0 Å². The van der Waals surface area contributed by atoms with Crippen LogP contribution in [0, 0.1) is 20.8 Å². The van der Waals surface area contributed by atoms with Gasteiger partial charge in [0, 0.05) is 0 Å². The highest BCUT2D eigenvalue weighted by molar-refractivity contribution is 5.52. The van der Waals surface area contributed by atoms with Crippen LogP contribution in [-0.4, -0.2) is 26.5 Å². The van der Waals surface area contributed by atoms with Crippen molar-refractivity contribution in [1.82, 2.24) is 5.32 Å². The summed E-state index contributed by atoms with van der Waals surface area (Å²) in [7, 11) is 1.70. The van der Waals surface area contributed by atoms with E-state index in [2.05, 4.69) is 32.2 Å². The maximum Gasteiger partial charge on any atom is 0.133 e. The second kappa shape index (κ2) is 6.40. The molecule has 1 rings (SSSR count). The maximum atomic E-state index is 10.2. The van der Waals surface area contributed by atoms with E-state index in [0.717, 1.165) is 25.0 Å². The van der Waals surface area contributed by atoms with Gasteiger partial charge in [0.2, 0.25) is 0 Å². The van der Waals surface area contributed by atoms with Gasteiger partial charge in [-0.3, -0.25) is 0 Å². The first-order chi connectivity index (χ1) is 8.11. The average Bonchev–Trinajstić information content (AvgIpc) is 2.32. The first-order valence-electron chi connectivity index (χ1n) is 5.89. The quantitative estimate of drug-likeness (QED) is 0.605. The molecule has 1 N–H and O–H groups in total. The molecule has 0 fully saturated rings. The summed E-state index contributed by atoms with van der Waals surface area (Å²) >= 11 is 0. The molecule has 1 aromatic rings. The Morgan fingerprint density at radius 3 is 2.59 bits per heavy atom. The van der Waals surface area contributed by atoms with E-state index < -0.39 is 0 Å². The second-order valence-electron chi connectivity index (χ2n) is 4.25. The molecule has 17 heavy (non-hydrogen) atoms. The van der Waals surface area contributed by atoms with Gasteiger partial charge in [-0.05, 0) is 62.1 Å². The summed E-state index contributed by atoms with van der Waals surface area (Å²) < 4.78 is 5.34. The molecule has 94 valence electrons. The minimum Gasteiger partial charge on any atom is -0.496 e. The molecule has 0 saturated heterocycles. The third-order valence-corrected chi connectivity index (χ3v) is 3.21. The van der Waals surface area contributed by atoms with Crippen molar-refractivity contribution in [2.75, 3.05) is 20.2 Å². The van der Waals surface area contributed by atoms with Crippen molar-refractivity contribution in [3.8, 4) is 5.75 Å².